The molecule has 8 heteroatoms. The molecule has 1 aliphatic heterocycles. The molecule has 1 saturated heterocycles. The average Bonchev–Trinajstić information content (AvgIpc) is 2.79. The summed E-state index contributed by atoms with van der Waals surface area (Å²) in [4.78, 5) is 31.1. The lowest BCUT2D eigenvalue weighted by Gasteiger charge is -2.36. The number of unbranched alkanes of at least 4 members (excludes halogenated alkanes) is 4. The number of hydrogen-bond acceptors (Lipinski definition) is 5. The molecule has 2 heterocycles. The van der Waals surface area contributed by atoms with E-state index in [4.69, 9.17) is 4.74 Å². The summed E-state index contributed by atoms with van der Waals surface area (Å²) in [5.41, 5.74) is 1.34. The number of pyridine rings is 1. The summed E-state index contributed by atoms with van der Waals surface area (Å²) < 4.78 is 5.28. The number of carboxylic acid groups (broad SMARTS) is 1. The van der Waals surface area contributed by atoms with Crippen LogP contribution < -0.4 is 15.4 Å². The maximum absolute atomic E-state index is 12.7. The number of nitrogens with one attached hydrogen (secondary N) is 2. The van der Waals surface area contributed by atoms with Gasteiger partial charge < -0.3 is 25.4 Å². The van der Waals surface area contributed by atoms with E-state index >= 15 is 0 Å². The number of likely N-dealkylation sites (tertiary alicyclic amines) is 1. The summed E-state index contributed by atoms with van der Waals surface area (Å²) in [6, 6.07) is 6.36. The number of hydrogen-bond donors (Lipinski definition) is 3. The average molecular weight is 443 g/mol. The summed E-state index contributed by atoms with van der Waals surface area (Å²) in [7, 11) is 1.58. The molecule has 0 aliphatic carbocycles. The highest BCUT2D eigenvalue weighted by Crippen LogP contribution is 2.26. The fourth-order valence-electron chi connectivity index (χ4n) is 4.27. The molecular weight excluding hydrogens is 408 g/mol. The number of carbonyl (C=O) groups excluding carboxylic acids is 1. The summed E-state index contributed by atoms with van der Waals surface area (Å²) in [5.74, 6) is -0.827. The first kappa shape index (κ1) is 23.8. The van der Waals surface area contributed by atoms with Gasteiger partial charge in [-0.05, 0) is 43.7 Å². The first-order chi connectivity index (χ1) is 15.5. The number of amides is 2. The lowest BCUT2D eigenvalue weighted by molar-refractivity contribution is -0.144. The molecule has 2 amide bonds. The zero-order chi connectivity index (χ0) is 22.9. The molecule has 1 aromatic carbocycles. The van der Waals surface area contributed by atoms with Crippen LogP contribution in [0, 0.1) is 5.92 Å². The van der Waals surface area contributed by atoms with Crippen LogP contribution in [0.5, 0.6) is 5.75 Å². The van der Waals surface area contributed by atoms with Gasteiger partial charge in [0.1, 0.15) is 5.75 Å². The minimum Gasteiger partial charge on any atom is -0.497 e. The zero-order valence-electron chi connectivity index (χ0n) is 19.0. The zero-order valence-corrected chi connectivity index (χ0v) is 19.0. The molecule has 0 spiro atoms. The lowest BCUT2D eigenvalue weighted by Crippen LogP contribution is -2.54. The molecule has 0 bridgehead atoms. The largest absolute Gasteiger partial charge is 0.497 e. The van der Waals surface area contributed by atoms with Gasteiger partial charge in [-0.2, -0.15) is 0 Å². The number of ether oxygens (including phenoxy) is 1. The van der Waals surface area contributed by atoms with Gasteiger partial charge in [-0.1, -0.05) is 32.6 Å². The second kappa shape index (κ2) is 11.7. The Bertz CT molecular complexity index is 920. The molecule has 0 unspecified atom stereocenters. The highest BCUT2D eigenvalue weighted by molar-refractivity contribution is 6.00. The van der Waals surface area contributed by atoms with Gasteiger partial charge in [0.2, 0.25) is 0 Å². The SMILES string of the molecule is CCCCCCCN1CC[C@H](NC(=O)Nc2ccnc3ccc(OC)cc23)[C@H](C(=O)O)C1. The van der Waals surface area contributed by atoms with Gasteiger partial charge in [-0.3, -0.25) is 9.78 Å². The number of anilines is 1. The molecular formula is C24H34N4O4. The number of benzene rings is 1. The fourth-order valence-corrected chi connectivity index (χ4v) is 4.27. The van der Waals surface area contributed by atoms with Crippen LogP contribution in [0.15, 0.2) is 30.5 Å². The molecule has 1 aromatic heterocycles. The topological polar surface area (TPSA) is 104 Å². The predicted octanol–water partition coefficient (Wildman–Crippen LogP) is 4.11. The van der Waals surface area contributed by atoms with Crippen LogP contribution in [0.4, 0.5) is 10.5 Å². The second-order valence-electron chi connectivity index (χ2n) is 8.39. The molecule has 1 aliphatic rings. The first-order valence-corrected chi connectivity index (χ1v) is 11.5. The van der Waals surface area contributed by atoms with Crippen molar-refractivity contribution in [3.05, 3.63) is 30.5 Å². The van der Waals surface area contributed by atoms with Gasteiger partial charge in [0, 0.05) is 30.7 Å². The van der Waals surface area contributed by atoms with Crippen molar-refractivity contribution in [1.29, 1.82) is 0 Å². The van der Waals surface area contributed by atoms with Crippen LogP contribution in [-0.2, 0) is 4.79 Å². The van der Waals surface area contributed by atoms with E-state index in [0.717, 1.165) is 30.4 Å². The molecule has 8 nitrogen and oxygen atoms in total. The number of fused-ring (bicyclic) bond motifs is 1. The standard InChI is InChI=1S/C24H34N4O4/c1-3-4-5-6-7-13-28-14-11-22(19(16-28)23(29)30)27-24(31)26-21-10-12-25-20-9-8-17(32-2)15-18(20)21/h8-10,12,15,19,22H,3-7,11,13-14,16H2,1-2H3,(H,29,30)(H2,25,26,27,31)/t19-,22+/m1/s1. The third kappa shape index (κ3) is 6.32. The Morgan fingerprint density at radius 2 is 2.03 bits per heavy atom. The minimum atomic E-state index is -0.870. The van der Waals surface area contributed by atoms with Crippen LogP contribution >= 0.6 is 0 Å². The predicted molar refractivity (Wildman–Crippen MR) is 125 cm³/mol. The summed E-state index contributed by atoms with van der Waals surface area (Å²) in [6.45, 7) is 4.36. The van der Waals surface area contributed by atoms with Crippen LogP contribution in [0.1, 0.15) is 45.4 Å². The monoisotopic (exact) mass is 442 g/mol. The van der Waals surface area contributed by atoms with Crippen molar-refractivity contribution in [1.82, 2.24) is 15.2 Å². The first-order valence-electron chi connectivity index (χ1n) is 11.5. The number of carboxylic acids is 1. The van der Waals surface area contributed by atoms with Gasteiger partial charge in [-0.25, -0.2) is 4.79 Å². The number of methoxy groups -OCH3 is 1. The van der Waals surface area contributed by atoms with Crippen LogP contribution in [-0.4, -0.2) is 59.8 Å². The minimum absolute atomic E-state index is 0.411. The Balaban J connectivity index is 1.58. The van der Waals surface area contributed by atoms with Crippen molar-refractivity contribution in [2.45, 2.75) is 51.5 Å². The van der Waals surface area contributed by atoms with Crippen LogP contribution in [0.2, 0.25) is 0 Å². The number of piperidine rings is 1. The lowest BCUT2D eigenvalue weighted by atomic mass is 9.92. The van der Waals surface area contributed by atoms with E-state index in [2.05, 4.69) is 27.4 Å². The van der Waals surface area contributed by atoms with E-state index in [-0.39, 0.29) is 0 Å². The highest BCUT2D eigenvalue weighted by atomic mass is 16.5. The number of nitrogens with zero attached hydrogens (tertiary/aromatic N) is 2. The Kier molecular flexibility index (Phi) is 8.67. The van der Waals surface area contributed by atoms with E-state index in [1.807, 2.05) is 18.2 Å². The van der Waals surface area contributed by atoms with E-state index < -0.39 is 24.0 Å². The number of aromatic nitrogens is 1. The molecule has 3 N–H and O–H groups in total. The van der Waals surface area contributed by atoms with Crippen molar-refractivity contribution in [3.63, 3.8) is 0 Å². The van der Waals surface area contributed by atoms with Crippen molar-refractivity contribution >= 4 is 28.6 Å². The quantitative estimate of drug-likeness (QED) is 0.479. The molecule has 174 valence electrons. The summed E-state index contributed by atoms with van der Waals surface area (Å²) in [6.07, 6.45) is 8.20. The van der Waals surface area contributed by atoms with Gasteiger partial charge in [0.25, 0.3) is 0 Å². The van der Waals surface area contributed by atoms with Gasteiger partial charge in [0.05, 0.1) is 24.2 Å². The molecule has 1 fully saturated rings. The Morgan fingerprint density at radius 1 is 1.22 bits per heavy atom. The molecule has 0 saturated carbocycles. The van der Waals surface area contributed by atoms with E-state index in [1.165, 1.54) is 25.7 Å². The summed E-state index contributed by atoms with van der Waals surface area (Å²) in [5, 5.41) is 16.3. The van der Waals surface area contributed by atoms with Gasteiger partial charge in [-0.15, -0.1) is 0 Å². The van der Waals surface area contributed by atoms with Crippen molar-refractivity contribution in [2.24, 2.45) is 5.92 Å². The van der Waals surface area contributed by atoms with E-state index in [0.29, 0.717) is 24.4 Å². The van der Waals surface area contributed by atoms with Crippen molar-refractivity contribution in [2.75, 3.05) is 32.1 Å². The Labute approximate surface area is 189 Å². The Hall–Kier alpha value is -2.87. The molecule has 0 radical (unpaired) electrons. The molecule has 3 rings (SSSR count). The van der Waals surface area contributed by atoms with E-state index in [1.54, 1.807) is 19.4 Å². The number of rotatable bonds is 10. The smallest absolute Gasteiger partial charge is 0.319 e. The number of aliphatic carboxylic acids is 1. The highest BCUT2D eigenvalue weighted by Gasteiger charge is 2.35. The van der Waals surface area contributed by atoms with Crippen LogP contribution in [0.25, 0.3) is 10.9 Å². The molecule has 2 atom stereocenters. The fraction of sp³-hybridized carbons (Fsp3) is 0.542. The normalized spacial score (nSPS) is 18.9. The van der Waals surface area contributed by atoms with Crippen LogP contribution in [0.3, 0.4) is 0 Å². The van der Waals surface area contributed by atoms with E-state index in [9.17, 15) is 14.7 Å². The molecule has 2 aromatic rings. The third-order valence-corrected chi connectivity index (χ3v) is 6.11. The van der Waals surface area contributed by atoms with Crippen molar-refractivity contribution in [3.8, 4) is 5.75 Å². The maximum atomic E-state index is 12.7. The third-order valence-electron chi connectivity index (χ3n) is 6.11. The number of carbonyl (C=O) groups is 2. The van der Waals surface area contributed by atoms with Crippen molar-refractivity contribution < 1.29 is 19.4 Å². The summed E-state index contributed by atoms with van der Waals surface area (Å²) >= 11 is 0. The molecule has 32 heavy (non-hydrogen) atoms. The van der Waals surface area contributed by atoms with Gasteiger partial charge >= 0.3 is 12.0 Å². The second-order valence-corrected chi connectivity index (χ2v) is 8.39. The van der Waals surface area contributed by atoms with Gasteiger partial charge in [0.15, 0.2) is 0 Å². The Morgan fingerprint density at radius 3 is 2.78 bits per heavy atom. The number of urea groups is 1. The maximum Gasteiger partial charge on any atom is 0.319 e.